The Balaban J connectivity index is 3.20. The third-order valence-corrected chi connectivity index (χ3v) is 2.69. The van der Waals surface area contributed by atoms with Crippen LogP contribution in [0.1, 0.15) is 31.4 Å². The fourth-order valence-electron chi connectivity index (χ4n) is 1.74. The van der Waals surface area contributed by atoms with Crippen LogP contribution >= 0.6 is 0 Å². The molecule has 1 aromatic carbocycles. The number of nitrogens with zero attached hydrogens (tertiary/aromatic N) is 1. The average Bonchev–Trinajstić information content (AvgIpc) is 2.24. The van der Waals surface area contributed by atoms with Crippen LogP contribution < -0.4 is 10.8 Å². The molecule has 0 amide bonds. The van der Waals surface area contributed by atoms with E-state index in [-0.39, 0.29) is 0 Å². The van der Waals surface area contributed by atoms with Gasteiger partial charge in [0.05, 0.1) is 5.69 Å². The van der Waals surface area contributed by atoms with Crippen LogP contribution in [-0.2, 0) is 6.42 Å². The Labute approximate surface area is 91.5 Å². The standard InChI is InChI=1S/C12H20N2O/c1-4-6-10-9(3)11(13)7-8-12(10)14(15)5-2/h7-8,15H,4-6,13H2,1-3H3. The van der Waals surface area contributed by atoms with E-state index >= 15 is 0 Å². The lowest BCUT2D eigenvalue weighted by molar-refractivity contribution is 0.259. The van der Waals surface area contributed by atoms with Crippen LogP contribution in [0.3, 0.4) is 0 Å². The number of anilines is 2. The van der Waals surface area contributed by atoms with Crippen molar-refractivity contribution in [3.63, 3.8) is 0 Å². The van der Waals surface area contributed by atoms with Gasteiger partial charge >= 0.3 is 0 Å². The molecule has 0 saturated carbocycles. The maximum atomic E-state index is 9.74. The summed E-state index contributed by atoms with van der Waals surface area (Å²) >= 11 is 0. The maximum absolute atomic E-state index is 9.74. The Bertz CT molecular complexity index is 337. The normalized spacial score (nSPS) is 10.4. The monoisotopic (exact) mass is 208 g/mol. The first-order chi connectivity index (χ1) is 7.11. The lowest BCUT2D eigenvalue weighted by atomic mass is 10.00. The Morgan fingerprint density at radius 1 is 1.33 bits per heavy atom. The van der Waals surface area contributed by atoms with Crippen LogP contribution in [0.25, 0.3) is 0 Å². The predicted octanol–water partition coefficient (Wildman–Crippen LogP) is 2.75. The zero-order valence-corrected chi connectivity index (χ0v) is 9.75. The van der Waals surface area contributed by atoms with Gasteiger partial charge in [-0.3, -0.25) is 10.3 Å². The van der Waals surface area contributed by atoms with Crippen molar-refractivity contribution < 1.29 is 5.21 Å². The van der Waals surface area contributed by atoms with E-state index in [9.17, 15) is 5.21 Å². The van der Waals surface area contributed by atoms with Gasteiger partial charge in [0.1, 0.15) is 0 Å². The molecule has 0 heterocycles. The zero-order chi connectivity index (χ0) is 11.4. The summed E-state index contributed by atoms with van der Waals surface area (Å²) in [6.45, 7) is 6.63. The van der Waals surface area contributed by atoms with E-state index in [0.29, 0.717) is 6.54 Å². The number of hydrogen-bond donors (Lipinski definition) is 2. The summed E-state index contributed by atoms with van der Waals surface area (Å²) in [5.74, 6) is 0. The molecule has 0 radical (unpaired) electrons. The Morgan fingerprint density at radius 3 is 2.53 bits per heavy atom. The van der Waals surface area contributed by atoms with Crippen LogP contribution in [0.5, 0.6) is 0 Å². The number of nitrogen functional groups attached to an aromatic ring is 1. The summed E-state index contributed by atoms with van der Waals surface area (Å²) in [5, 5.41) is 11.0. The van der Waals surface area contributed by atoms with Gasteiger partial charge in [0.2, 0.25) is 0 Å². The van der Waals surface area contributed by atoms with Crippen molar-refractivity contribution in [3.05, 3.63) is 23.3 Å². The summed E-state index contributed by atoms with van der Waals surface area (Å²) in [6, 6.07) is 3.74. The summed E-state index contributed by atoms with van der Waals surface area (Å²) in [7, 11) is 0. The topological polar surface area (TPSA) is 49.5 Å². The molecule has 0 bridgehead atoms. The number of nitrogens with two attached hydrogens (primary N) is 1. The second-order valence-corrected chi connectivity index (χ2v) is 3.74. The van der Waals surface area contributed by atoms with Crippen molar-refractivity contribution in [2.24, 2.45) is 0 Å². The Kier molecular flexibility index (Phi) is 3.97. The summed E-state index contributed by atoms with van der Waals surface area (Å²) in [5.41, 5.74) is 9.78. The van der Waals surface area contributed by atoms with Gasteiger partial charge in [-0.25, -0.2) is 0 Å². The van der Waals surface area contributed by atoms with Crippen LogP contribution in [0.2, 0.25) is 0 Å². The molecule has 3 nitrogen and oxygen atoms in total. The van der Waals surface area contributed by atoms with Gasteiger partial charge in [-0.2, -0.15) is 0 Å². The Morgan fingerprint density at radius 2 is 2.00 bits per heavy atom. The van der Waals surface area contributed by atoms with Crippen molar-refractivity contribution in [2.45, 2.75) is 33.6 Å². The molecule has 3 heteroatoms. The first-order valence-electron chi connectivity index (χ1n) is 5.46. The molecule has 15 heavy (non-hydrogen) atoms. The molecule has 1 aromatic rings. The fourth-order valence-corrected chi connectivity index (χ4v) is 1.74. The second-order valence-electron chi connectivity index (χ2n) is 3.74. The van der Waals surface area contributed by atoms with Crippen LogP contribution in [0.15, 0.2) is 12.1 Å². The lowest BCUT2D eigenvalue weighted by Gasteiger charge is -2.21. The highest BCUT2D eigenvalue weighted by atomic mass is 16.5. The van der Waals surface area contributed by atoms with Gasteiger partial charge in [-0.1, -0.05) is 13.3 Å². The molecule has 0 atom stereocenters. The molecular formula is C12H20N2O. The molecule has 0 spiro atoms. The van der Waals surface area contributed by atoms with Crippen molar-refractivity contribution >= 4 is 11.4 Å². The fraction of sp³-hybridized carbons (Fsp3) is 0.500. The van der Waals surface area contributed by atoms with E-state index in [0.717, 1.165) is 35.3 Å². The highest BCUT2D eigenvalue weighted by molar-refractivity contribution is 5.63. The molecule has 0 fully saturated rings. The molecule has 0 aliphatic heterocycles. The second kappa shape index (κ2) is 5.03. The molecule has 1 rings (SSSR count). The zero-order valence-electron chi connectivity index (χ0n) is 9.75. The predicted molar refractivity (Wildman–Crippen MR) is 64.4 cm³/mol. The molecule has 84 valence electrons. The van der Waals surface area contributed by atoms with Crippen LogP contribution in [0, 0.1) is 6.92 Å². The van der Waals surface area contributed by atoms with Crippen LogP contribution in [-0.4, -0.2) is 11.8 Å². The van der Waals surface area contributed by atoms with E-state index in [2.05, 4.69) is 6.92 Å². The number of hydroxylamine groups is 1. The van der Waals surface area contributed by atoms with Crippen molar-refractivity contribution in [1.29, 1.82) is 0 Å². The van der Waals surface area contributed by atoms with Gasteiger partial charge in [-0.05, 0) is 43.5 Å². The molecular weight excluding hydrogens is 188 g/mol. The summed E-state index contributed by atoms with van der Waals surface area (Å²) in [4.78, 5) is 0. The van der Waals surface area contributed by atoms with Crippen molar-refractivity contribution in [1.82, 2.24) is 0 Å². The SMILES string of the molecule is CCCc1c(N(O)CC)ccc(N)c1C. The van der Waals surface area contributed by atoms with E-state index in [1.807, 2.05) is 26.0 Å². The minimum atomic E-state index is 0.583. The minimum absolute atomic E-state index is 0.583. The first kappa shape index (κ1) is 11.9. The molecule has 0 unspecified atom stereocenters. The average molecular weight is 208 g/mol. The van der Waals surface area contributed by atoms with E-state index < -0.39 is 0 Å². The Hall–Kier alpha value is -1.22. The summed E-state index contributed by atoms with van der Waals surface area (Å²) < 4.78 is 0. The van der Waals surface area contributed by atoms with Gasteiger partial charge in [0, 0.05) is 12.2 Å². The smallest absolute Gasteiger partial charge is 0.0670 e. The molecule has 0 aliphatic carbocycles. The quantitative estimate of drug-likeness (QED) is 0.591. The van der Waals surface area contributed by atoms with E-state index in [1.165, 1.54) is 5.06 Å². The minimum Gasteiger partial charge on any atom is -0.399 e. The molecule has 0 saturated heterocycles. The summed E-state index contributed by atoms with van der Waals surface area (Å²) in [6.07, 6.45) is 2.00. The van der Waals surface area contributed by atoms with Gasteiger partial charge in [-0.15, -0.1) is 0 Å². The molecule has 3 N–H and O–H groups in total. The van der Waals surface area contributed by atoms with E-state index in [4.69, 9.17) is 5.73 Å². The highest BCUT2D eigenvalue weighted by Crippen LogP contribution is 2.28. The third kappa shape index (κ3) is 2.42. The third-order valence-electron chi connectivity index (χ3n) is 2.69. The highest BCUT2D eigenvalue weighted by Gasteiger charge is 2.11. The maximum Gasteiger partial charge on any atom is 0.0670 e. The lowest BCUT2D eigenvalue weighted by Crippen LogP contribution is -2.19. The first-order valence-corrected chi connectivity index (χ1v) is 5.46. The molecule has 0 aromatic heterocycles. The van der Waals surface area contributed by atoms with Gasteiger partial charge in [0.25, 0.3) is 0 Å². The number of rotatable bonds is 4. The van der Waals surface area contributed by atoms with Crippen molar-refractivity contribution in [3.8, 4) is 0 Å². The number of hydrogen-bond acceptors (Lipinski definition) is 3. The number of benzene rings is 1. The van der Waals surface area contributed by atoms with Crippen molar-refractivity contribution in [2.75, 3.05) is 17.3 Å². The van der Waals surface area contributed by atoms with E-state index in [1.54, 1.807) is 0 Å². The van der Waals surface area contributed by atoms with Gasteiger partial charge in [0.15, 0.2) is 0 Å². The van der Waals surface area contributed by atoms with Gasteiger partial charge < -0.3 is 5.73 Å². The molecule has 0 aliphatic rings. The van der Waals surface area contributed by atoms with Crippen LogP contribution in [0.4, 0.5) is 11.4 Å². The largest absolute Gasteiger partial charge is 0.399 e.